The van der Waals surface area contributed by atoms with E-state index in [1.54, 1.807) is 6.20 Å². The van der Waals surface area contributed by atoms with Gasteiger partial charge < -0.3 is 9.73 Å². The number of nitrogens with one attached hydrogen (secondary N) is 1. The number of benzene rings is 1. The van der Waals surface area contributed by atoms with E-state index in [2.05, 4.69) is 20.5 Å². The smallest absolute Gasteiger partial charge is 0.226 e. The quantitative estimate of drug-likeness (QED) is 0.716. The Morgan fingerprint density at radius 3 is 2.68 bits per heavy atom. The summed E-state index contributed by atoms with van der Waals surface area (Å²) in [5, 5.41) is 12.2. The topological polar surface area (TPSA) is 80.9 Å². The molecule has 0 aliphatic carbocycles. The van der Waals surface area contributed by atoms with Gasteiger partial charge in [0.05, 0.1) is 6.20 Å². The van der Waals surface area contributed by atoms with Crippen LogP contribution in [0.4, 0.5) is 5.13 Å². The number of hydrogen-bond donors (Lipinski definition) is 1. The summed E-state index contributed by atoms with van der Waals surface area (Å²) in [4.78, 5) is 16.3. The van der Waals surface area contributed by atoms with E-state index in [0.717, 1.165) is 10.6 Å². The van der Waals surface area contributed by atoms with Crippen molar-refractivity contribution in [2.75, 3.05) is 5.32 Å². The van der Waals surface area contributed by atoms with Gasteiger partial charge in [0.2, 0.25) is 11.0 Å². The molecular weight excluding hydrogens is 336 g/mol. The van der Waals surface area contributed by atoms with Crippen molar-refractivity contribution in [3.05, 3.63) is 46.9 Å². The van der Waals surface area contributed by atoms with E-state index in [0.29, 0.717) is 29.1 Å². The highest BCUT2D eigenvalue weighted by atomic mass is 32.1. The summed E-state index contributed by atoms with van der Waals surface area (Å²) in [5.41, 5.74) is 2.17. The van der Waals surface area contributed by atoms with Crippen molar-refractivity contribution >= 4 is 22.4 Å². The van der Waals surface area contributed by atoms with Gasteiger partial charge in [-0.3, -0.25) is 4.79 Å². The first-order valence-corrected chi connectivity index (χ1v) is 8.98. The molecule has 1 amide bonds. The number of carbonyl (C=O) groups excluding carboxylic acids is 1. The maximum atomic E-state index is 12.0. The molecule has 1 N–H and O–H groups in total. The SMILES string of the molecule is Cc1ccc(-c2cnc(CCC(=O)Nc3nnc(C(C)C)s3)o2)cc1. The number of nitrogens with zero attached hydrogens (tertiary/aromatic N) is 3. The summed E-state index contributed by atoms with van der Waals surface area (Å²) in [5.74, 6) is 1.43. The van der Waals surface area contributed by atoms with Gasteiger partial charge in [0.1, 0.15) is 5.01 Å². The molecule has 3 aromatic rings. The molecule has 0 fully saturated rings. The second-order valence-corrected chi connectivity index (χ2v) is 7.14. The molecule has 0 unspecified atom stereocenters. The van der Waals surface area contributed by atoms with E-state index in [9.17, 15) is 4.79 Å². The van der Waals surface area contributed by atoms with Crippen LogP contribution in [-0.2, 0) is 11.2 Å². The number of rotatable bonds is 6. The van der Waals surface area contributed by atoms with Crippen LogP contribution < -0.4 is 5.32 Å². The minimum Gasteiger partial charge on any atom is -0.441 e. The van der Waals surface area contributed by atoms with E-state index >= 15 is 0 Å². The van der Waals surface area contributed by atoms with Gasteiger partial charge in [0.25, 0.3) is 0 Å². The van der Waals surface area contributed by atoms with Gasteiger partial charge in [-0.2, -0.15) is 0 Å². The van der Waals surface area contributed by atoms with Crippen molar-refractivity contribution < 1.29 is 9.21 Å². The van der Waals surface area contributed by atoms with Gasteiger partial charge in [-0.15, -0.1) is 10.2 Å². The van der Waals surface area contributed by atoms with Crippen LogP contribution in [0.3, 0.4) is 0 Å². The fraction of sp³-hybridized carbons (Fsp3) is 0.333. The molecule has 2 heterocycles. The maximum Gasteiger partial charge on any atom is 0.226 e. The molecule has 3 rings (SSSR count). The molecule has 0 saturated heterocycles. The van der Waals surface area contributed by atoms with E-state index < -0.39 is 0 Å². The molecule has 0 bridgehead atoms. The molecule has 0 aliphatic rings. The summed E-state index contributed by atoms with van der Waals surface area (Å²) in [6.45, 7) is 6.12. The monoisotopic (exact) mass is 356 g/mol. The number of hydrogen-bond acceptors (Lipinski definition) is 6. The fourth-order valence-electron chi connectivity index (χ4n) is 2.20. The Balaban J connectivity index is 1.54. The zero-order chi connectivity index (χ0) is 17.8. The van der Waals surface area contributed by atoms with Gasteiger partial charge in [0.15, 0.2) is 11.7 Å². The lowest BCUT2D eigenvalue weighted by Gasteiger charge is -1.99. The number of aryl methyl sites for hydroxylation is 2. The second-order valence-electron chi connectivity index (χ2n) is 6.13. The molecule has 0 aliphatic heterocycles. The number of oxazole rings is 1. The van der Waals surface area contributed by atoms with Crippen LogP contribution in [0.1, 0.15) is 42.6 Å². The Hall–Kier alpha value is -2.54. The first kappa shape index (κ1) is 17.3. The van der Waals surface area contributed by atoms with Gasteiger partial charge in [0, 0.05) is 24.3 Å². The third-order valence-corrected chi connectivity index (χ3v) is 4.78. The lowest BCUT2D eigenvalue weighted by atomic mass is 10.1. The van der Waals surface area contributed by atoms with Gasteiger partial charge in [-0.05, 0) is 6.92 Å². The predicted molar refractivity (Wildman–Crippen MR) is 97.6 cm³/mol. The number of amides is 1. The number of anilines is 1. The Bertz CT molecular complexity index is 852. The van der Waals surface area contributed by atoms with Crippen LogP contribution in [0, 0.1) is 6.92 Å². The molecule has 7 heteroatoms. The largest absolute Gasteiger partial charge is 0.441 e. The zero-order valence-corrected chi connectivity index (χ0v) is 15.3. The first-order chi connectivity index (χ1) is 12.0. The average molecular weight is 356 g/mol. The summed E-state index contributed by atoms with van der Waals surface area (Å²) in [6, 6.07) is 8.04. The fourth-order valence-corrected chi connectivity index (χ4v) is 2.96. The van der Waals surface area contributed by atoms with Crippen molar-refractivity contribution in [1.29, 1.82) is 0 Å². The molecule has 2 aromatic heterocycles. The minimum absolute atomic E-state index is 0.124. The second kappa shape index (κ2) is 7.57. The average Bonchev–Trinajstić information content (AvgIpc) is 3.23. The van der Waals surface area contributed by atoms with Gasteiger partial charge in [-0.25, -0.2) is 4.98 Å². The Labute approximate surface area is 150 Å². The summed E-state index contributed by atoms with van der Waals surface area (Å²) in [6.07, 6.45) is 2.41. The molecule has 0 radical (unpaired) electrons. The van der Waals surface area contributed by atoms with Crippen LogP contribution >= 0.6 is 11.3 Å². The highest BCUT2D eigenvalue weighted by Crippen LogP contribution is 2.23. The minimum atomic E-state index is -0.124. The normalized spacial score (nSPS) is 11.0. The van der Waals surface area contributed by atoms with E-state index in [1.807, 2.05) is 45.0 Å². The van der Waals surface area contributed by atoms with E-state index in [-0.39, 0.29) is 12.3 Å². The van der Waals surface area contributed by atoms with Gasteiger partial charge in [-0.1, -0.05) is 55.0 Å². The third kappa shape index (κ3) is 4.51. The number of aromatic nitrogens is 3. The standard InChI is InChI=1S/C18H20N4O2S/c1-11(2)17-21-22-18(25-17)20-15(23)8-9-16-19-10-14(24-16)13-6-4-12(3)5-7-13/h4-7,10-11H,8-9H2,1-3H3,(H,20,22,23). The summed E-state index contributed by atoms with van der Waals surface area (Å²) >= 11 is 1.40. The predicted octanol–water partition coefficient (Wildman–Crippen LogP) is 4.20. The molecule has 1 aromatic carbocycles. The molecule has 0 spiro atoms. The lowest BCUT2D eigenvalue weighted by molar-refractivity contribution is -0.116. The summed E-state index contributed by atoms with van der Waals surface area (Å²) in [7, 11) is 0. The molecule has 130 valence electrons. The molecule has 0 saturated carbocycles. The van der Waals surface area contributed by atoms with Crippen LogP contribution in [0.25, 0.3) is 11.3 Å². The van der Waals surface area contributed by atoms with Crippen molar-refractivity contribution in [2.45, 2.75) is 39.5 Å². The maximum absolute atomic E-state index is 12.0. The highest BCUT2D eigenvalue weighted by Gasteiger charge is 2.12. The Morgan fingerprint density at radius 1 is 1.24 bits per heavy atom. The summed E-state index contributed by atoms with van der Waals surface area (Å²) < 4.78 is 5.73. The van der Waals surface area contributed by atoms with Crippen molar-refractivity contribution in [3.8, 4) is 11.3 Å². The molecule has 0 atom stereocenters. The first-order valence-electron chi connectivity index (χ1n) is 8.16. The molecule has 6 nitrogen and oxygen atoms in total. The zero-order valence-electron chi connectivity index (χ0n) is 14.4. The van der Waals surface area contributed by atoms with Crippen molar-refractivity contribution in [1.82, 2.24) is 15.2 Å². The van der Waals surface area contributed by atoms with Crippen LogP contribution in [0.5, 0.6) is 0 Å². The molecular formula is C18H20N4O2S. The van der Waals surface area contributed by atoms with Crippen molar-refractivity contribution in [3.63, 3.8) is 0 Å². The molecule has 25 heavy (non-hydrogen) atoms. The van der Waals surface area contributed by atoms with Crippen molar-refractivity contribution in [2.24, 2.45) is 0 Å². The third-order valence-electron chi connectivity index (χ3n) is 3.64. The number of carbonyl (C=O) groups is 1. The highest BCUT2D eigenvalue weighted by molar-refractivity contribution is 7.15. The Morgan fingerprint density at radius 2 is 2.00 bits per heavy atom. The van der Waals surface area contributed by atoms with E-state index in [1.165, 1.54) is 16.9 Å². The Kier molecular flexibility index (Phi) is 5.23. The van der Waals surface area contributed by atoms with Crippen LogP contribution in [0.15, 0.2) is 34.9 Å². The van der Waals surface area contributed by atoms with Crippen LogP contribution in [-0.4, -0.2) is 21.1 Å². The van der Waals surface area contributed by atoms with Crippen LogP contribution in [0.2, 0.25) is 0 Å². The van der Waals surface area contributed by atoms with Gasteiger partial charge >= 0.3 is 0 Å². The van der Waals surface area contributed by atoms with E-state index in [4.69, 9.17) is 4.42 Å². The lowest BCUT2D eigenvalue weighted by Crippen LogP contribution is -2.12.